The van der Waals surface area contributed by atoms with Crippen LogP contribution in [-0.4, -0.2) is 36.0 Å². The van der Waals surface area contributed by atoms with E-state index in [0.717, 1.165) is 31.5 Å². The number of thioether (sulfide) groups is 2. The number of anilines is 1. The summed E-state index contributed by atoms with van der Waals surface area (Å²) < 4.78 is 11.8. The van der Waals surface area contributed by atoms with Crippen LogP contribution in [0.4, 0.5) is 5.69 Å². The molecule has 2 aromatic carbocycles. The normalized spacial score (nSPS) is 19.2. The second-order valence-electron chi connectivity index (χ2n) is 8.24. The summed E-state index contributed by atoms with van der Waals surface area (Å²) in [6, 6.07) is 15.4. The van der Waals surface area contributed by atoms with Gasteiger partial charge in [0.05, 0.1) is 34.0 Å². The van der Waals surface area contributed by atoms with E-state index in [1.54, 1.807) is 25.9 Å². The first-order valence-corrected chi connectivity index (χ1v) is 12.9. The number of hydrogen-bond donors (Lipinski definition) is 0. The van der Waals surface area contributed by atoms with Crippen molar-refractivity contribution in [2.75, 3.05) is 18.6 Å². The average Bonchev–Trinajstić information content (AvgIpc) is 3.25. The van der Waals surface area contributed by atoms with E-state index in [4.69, 9.17) is 21.7 Å². The van der Waals surface area contributed by atoms with E-state index in [1.807, 2.05) is 62.4 Å². The lowest BCUT2D eigenvalue weighted by Gasteiger charge is -2.44. The smallest absolute Gasteiger partial charge is 0.346 e. The third kappa shape index (κ3) is 4.19. The second-order valence-corrected chi connectivity index (χ2v) is 10.9. The minimum absolute atomic E-state index is 0.0927. The summed E-state index contributed by atoms with van der Waals surface area (Å²) in [4.78, 5) is 29.4. The lowest BCUT2D eigenvalue weighted by molar-refractivity contribution is -0.137. The molecular formula is C26H25NO4S3. The van der Waals surface area contributed by atoms with Crippen LogP contribution in [0.1, 0.15) is 38.8 Å². The van der Waals surface area contributed by atoms with Gasteiger partial charge in [-0.15, -0.1) is 0 Å². The Morgan fingerprint density at radius 1 is 1.09 bits per heavy atom. The van der Waals surface area contributed by atoms with Crippen LogP contribution >= 0.6 is 35.7 Å². The van der Waals surface area contributed by atoms with Crippen molar-refractivity contribution in [2.45, 2.75) is 33.2 Å². The second kappa shape index (κ2) is 9.60. The highest BCUT2D eigenvalue weighted by molar-refractivity contribution is 8.32. The number of methoxy groups -OCH3 is 1. The molecule has 0 spiro atoms. The van der Waals surface area contributed by atoms with Gasteiger partial charge in [-0.25, -0.2) is 4.79 Å². The number of carbonyl (C=O) groups is 2. The lowest BCUT2D eigenvalue weighted by Crippen LogP contribution is -2.55. The molecule has 2 aliphatic rings. The summed E-state index contributed by atoms with van der Waals surface area (Å²) >= 11 is 8.90. The highest BCUT2D eigenvalue weighted by Crippen LogP contribution is 2.58. The third-order valence-electron chi connectivity index (χ3n) is 5.67. The van der Waals surface area contributed by atoms with Gasteiger partial charge in [-0.1, -0.05) is 66.1 Å². The summed E-state index contributed by atoms with van der Waals surface area (Å²) in [5.74, 6) is 0.217. The fourth-order valence-electron chi connectivity index (χ4n) is 4.15. The molecule has 0 atom stereocenters. The summed E-state index contributed by atoms with van der Waals surface area (Å²) in [7, 11) is 1.61. The third-order valence-corrected chi connectivity index (χ3v) is 9.00. The Morgan fingerprint density at radius 2 is 1.79 bits per heavy atom. The molecule has 5 nitrogen and oxygen atoms in total. The Bertz CT molecular complexity index is 1250. The monoisotopic (exact) mass is 511 g/mol. The van der Waals surface area contributed by atoms with Gasteiger partial charge in [0.15, 0.2) is 0 Å². The van der Waals surface area contributed by atoms with Gasteiger partial charge >= 0.3 is 5.97 Å². The summed E-state index contributed by atoms with van der Waals surface area (Å²) in [5.41, 5.74) is 2.63. The maximum absolute atomic E-state index is 12.9. The number of thiocarbonyl (C=S) groups is 1. The zero-order valence-corrected chi connectivity index (χ0v) is 22.1. The SMILES string of the molecule is CCOC(=O)C1=C(c2ccccc2)S/C(=C2/C(=S)C(C)(C)N(C(C)=O)c3ccc(OC)cc32)S1. The van der Waals surface area contributed by atoms with Crippen LogP contribution in [0.3, 0.4) is 0 Å². The molecule has 2 aliphatic heterocycles. The van der Waals surface area contributed by atoms with Crippen LogP contribution < -0.4 is 9.64 Å². The number of ether oxygens (including phenoxy) is 2. The molecule has 0 radical (unpaired) electrons. The van der Waals surface area contributed by atoms with E-state index in [9.17, 15) is 9.59 Å². The first kappa shape index (κ1) is 24.6. The molecule has 2 aromatic rings. The van der Waals surface area contributed by atoms with Gasteiger partial charge in [-0.3, -0.25) is 4.79 Å². The van der Waals surface area contributed by atoms with Crippen molar-refractivity contribution in [3.63, 3.8) is 0 Å². The number of fused-ring (bicyclic) bond motifs is 1. The minimum atomic E-state index is -0.730. The van der Waals surface area contributed by atoms with Crippen LogP contribution in [0.2, 0.25) is 0 Å². The van der Waals surface area contributed by atoms with E-state index in [1.165, 1.54) is 23.5 Å². The largest absolute Gasteiger partial charge is 0.497 e. The quantitative estimate of drug-likeness (QED) is 0.272. The molecule has 0 aliphatic carbocycles. The number of hydrogen-bond acceptors (Lipinski definition) is 7. The Morgan fingerprint density at radius 3 is 2.41 bits per heavy atom. The van der Waals surface area contributed by atoms with Gasteiger partial charge in [0.2, 0.25) is 5.91 Å². The summed E-state index contributed by atoms with van der Waals surface area (Å²) in [6.45, 7) is 7.54. The van der Waals surface area contributed by atoms with Crippen molar-refractivity contribution in [1.82, 2.24) is 0 Å². The van der Waals surface area contributed by atoms with Crippen molar-refractivity contribution in [3.8, 4) is 5.75 Å². The van der Waals surface area contributed by atoms with Crippen LogP contribution in [-0.2, 0) is 14.3 Å². The highest BCUT2D eigenvalue weighted by atomic mass is 32.2. The number of carbonyl (C=O) groups excluding carboxylic acids is 2. The molecule has 0 unspecified atom stereocenters. The number of esters is 1. The van der Waals surface area contributed by atoms with Crippen LogP contribution in [0, 0.1) is 0 Å². The summed E-state index contributed by atoms with van der Waals surface area (Å²) in [5, 5.41) is 0. The number of nitrogens with zero attached hydrogens (tertiary/aromatic N) is 1. The lowest BCUT2D eigenvalue weighted by atomic mass is 9.83. The minimum Gasteiger partial charge on any atom is -0.497 e. The Balaban J connectivity index is 1.94. The molecule has 0 aromatic heterocycles. The summed E-state index contributed by atoms with van der Waals surface area (Å²) in [6.07, 6.45) is 0. The number of benzene rings is 2. The van der Waals surface area contributed by atoms with Gasteiger partial charge in [0.25, 0.3) is 0 Å². The van der Waals surface area contributed by atoms with Crippen LogP contribution in [0.25, 0.3) is 10.5 Å². The number of amides is 1. The Kier molecular flexibility index (Phi) is 6.94. The van der Waals surface area contributed by atoms with Gasteiger partial charge < -0.3 is 14.4 Å². The number of rotatable bonds is 4. The van der Waals surface area contributed by atoms with E-state index in [-0.39, 0.29) is 11.9 Å². The molecular weight excluding hydrogens is 486 g/mol. The van der Waals surface area contributed by atoms with Crippen LogP contribution in [0.5, 0.6) is 5.75 Å². The maximum Gasteiger partial charge on any atom is 0.346 e. The van der Waals surface area contributed by atoms with Crippen molar-refractivity contribution in [2.24, 2.45) is 0 Å². The first-order valence-electron chi connectivity index (χ1n) is 10.8. The van der Waals surface area contributed by atoms with E-state index < -0.39 is 5.54 Å². The average molecular weight is 512 g/mol. The zero-order valence-electron chi connectivity index (χ0n) is 19.6. The van der Waals surface area contributed by atoms with Gasteiger partial charge in [-0.2, -0.15) is 0 Å². The molecule has 176 valence electrons. The predicted octanol–water partition coefficient (Wildman–Crippen LogP) is 6.29. The van der Waals surface area contributed by atoms with Crippen LogP contribution in [0.15, 0.2) is 57.7 Å². The molecule has 2 heterocycles. The van der Waals surface area contributed by atoms with Crippen molar-refractivity contribution in [1.29, 1.82) is 0 Å². The topological polar surface area (TPSA) is 55.8 Å². The standard InChI is InChI=1S/C26H25NO4S3/c1-6-31-24(29)22-21(16-10-8-7-9-11-16)33-25(34-22)20-18-14-17(30-5)12-13-19(18)27(15(2)28)26(3,4)23(20)32/h7-14H,6H2,1-5H3/b25-20-. The predicted molar refractivity (Wildman–Crippen MR) is 145 cm³/mol. The molecule has 4 rings (SSSR count). The Labute approximate surface area is 213 Å². The maximum atomic E-state index is 12.9. The molecule has 0 N–H and O–H groups in total. The van der Waals surface area contributed by atoms with Crippen molar-refractivity contribution < 1.29 is 19.1 Å². The van der Waals surface area contributed by atoms with E-state index in [2.05, 4.69) is 0 Å². The Hall–Kier alpha value is -2.55. The molecule has 0 saturated carbocycles. The van der Waals surface area contributed by atoms with Gasteiger partial charge in [0, 0.05) is 23.0 Å². The zero-order chi connectivity index (χ0) is 24.6. The molecule has 34 heavy (non-hydrogen) atoms. The van der Waals surface area contributed by atoms with E-state index in [0.29, 0.717) is 22.1 Å². The van der Waals surface area contributed by atoms with Crippen molar-refractivity contribution in [3.05, 3.63) is 68.8 Å². The van der Waals surface area contributed by atoms with Crippen molar-refractivity contribution >= 4 is 68.6 Å². The highest BCUT2D eigenvalue weighted by Gasteiger charge is 2.44. The fraction of sp³-hybridized carbons (Fsp3) is 0.269. The molecule has 0 bridgehead atoms. The molecule has 0 saturated heterocycles. The van der Waals surface area contributed by atoms with Gasteiger partial charge in [-0.05, 0) is 44.5 Å². The fourth-order valence-corrected chi connectivity index (χ4v) is 7.28. The van der Waals surface area contributed by atoms with E-state index >= 15 is 0 Å². The molecule has 1 amide bonds. The molecule has 8 heteroatoms. The molecule has 0 fully saturated rings. The first-order chi connectivity index (χ1) is 16.2. The van der Waals surface area contributed by atoms with Gasteiger partial charge in [0.1, 0.15) is 10.7 Å².